The van der Waals surface area contributed by atoms with Gasteiger partial charge in [0.25, 0.3) is 0 Å². The van der Waals surface area contributed by atoms with E-state index in [1.165, 1.54) is 0 Å². The molecule has 1 aromatic carbocycles. The van der Waals surface area contributed by atoms with Crippen LogP contribution in [0.4, 0.5) is 0 Å². The predicted octanol–water partition coefficient (Wildman–Crippen LogP) is 1.83. The van der Waals surface area contributed by atoms with Crippen LogP contribution in [-0.2, 0) is 21.2 Å². The second kappa shape index (κ2) is 7.04. The largest absolute Gasteiger partial charge is 0.351 e. The maximum absolute atomic E-state index is 11.8. The van der Waals surface area contributed by atoms with E-state index in [2.05, 4.69) is 10.0 Å². The molecule has 118 valence electrons. The highest BCUT2D eigenvalue weighted by atomic mass is 32.2. The molecule has 0 aromatic heterocycles. The first kappa shape index (κ1) is 17.7. The summed E-state index contributed by atoms with van der Waals surface area (Å²) in [4.78, 5) is 12.0. The van der Waals surface area contributed by atoms with Crippen LogP contribution < -0.4 is 10.0 Å². The van der Waals surface area contributed by atoms with Gasteiger partial charge >= 0.3 is 0 Å². The number of hydrogen-bond donors (Lipinski definition) is 2. The Morgan fingerprint density at radius 2 is 1.71 bits per heavy atom. The van der Waals surface area contributed by atoms with Gasteiger partial charge in [-0.25, -0.2) is 13.1 Å². The second-order valence-corrected chi connectivity index (χ2v) is 7.71. The highest BCUT2D eigenvalue weighted by Crippen LogP contribution is 2.12. The van der Waals surface area contributed by atoms with E-state index in [1.54, 1.807) is 31.2 Å². The summed E-state index contributed by atoms with van der Waals surface area (Å²) >= 11 is 0. The first-order valence-electron chi connectivity index (χ1n) is 7.03. The molecular formula is C15H24N2O3S. The zero-order valence-electron chi connectivity index (χ0n) is 13.1. The third-order valence-electron chi connectivity index (χ3n) is 2.72. The SMILES string of the molecule is CCNS(=O)(=O)c1ccc(CCC(=O)NC(C)(C)C)cc1. The van der Waals surface area contributed by atoms with E-state index in [4.69, 9.17) is 0 Å². The van der Waals surface area contributed by atoms with E-state index in [9.17, 15) is 13.2 Å². The van der Waals surface area contributed by atoms with Crippen LogP contribution in [0.1, 0.15) is 39.7 Å². The predicted molar refractivity (Wildman–Crippen MR) is 83.5 cm³/mol. The molecule has 5 nitrogen and oxygen atoms in total. The Morgan fingerprint density at radius 1 is 1.14 bits per heavy atom. The fraction of sp³-hybridized carbons (Fsp3) is 0.533. The molecule has 0 heterocycles. The Bertz CT molecular complexity index is 572. The van der Waals surface area contributed by atoms with E-state index in [1.807, 2.05) is 20.8 Å². The Hall–Kier alpha value is -1.40. The lowest BCUT2D eigenvalue weighted by Crippen LogP contribution is -2.40. The van der Waals surface area contributed by atoms with E-state index in [-0.39, 0.29) is 16.3 Å². The molecule has 0 unspecified atom stereocenters. The van der Waals surface area contributed by atoms with Crippen molar-refractivity contribution < 1.29 is 13.2 Å². The normalized spacial score (nSPS) is 12.2. The molecule has 0 aliphatic carbocycles. The minimum absolute atomic E-state index is 0.00755. The molecule has 1 rings (SSSR count). The van der Waals surface area contributed by atoms with Crippen LogP contribution in [0.5, 0.6) is 0 Å². The molecule has 1 amide bonds. The molecule has 0 bridgehead atoms. The summed E-state index contributed by atoms with van der Waals surface area (Å²) in [5.41, 5.74) is 0.704. The van der Waals surface area contributed by atoms with Crippen molar-refractivity contribution in [3.63, 3.8) is 0 Å². The number of carbonyl (C=O) groups is 1. The maximum atomic E-state index is 11.8. The van der Waals surface area contributed by atoms with Gasteiger partial charge in [0.2, 0.25) is 15.9 Å². The summed E-state index contributed by atoms with van der Waals surface area (Å²) < 4.78 is 26.0. The number of nitrogens with one attached hydrogen (secondary N) is 2. The van der Waals surface area contributed by atoms with Crippen molar-refractivity contribution in [3.8, 4) is 0 Å². The Kier molecular flexibility index (Phi) is 5.92. The third kappa shape index (κ3) is 6.27. The lowest BCUT2D eigenvalue weighted by Gasteiger charge is -2.20. The standard InChI is InChI=1S/C15H24N2O3S/c1-5-16-21(19,20)13-9-6-12(7-10-13)8-11-14(18)17-15(2,3)4/h6-7,9-10,16H,5,8,11H2,1-4H3,(H,17,18). The van der Waals surface area contributed by atoms with Crippen molar-refractivity contribution in [2.24, 2.45) is 0 Å². The zero-order chi connectivity index (χ0) is 16.1. The summed E-state index contributed by atoms with van der Waals surface area (Å²) in [5, 5.41) is 2.90. The lowest BCUT2D eigenvalue weighted by molar-refractivity contribution is -0.122. The molecular weight excluding hydrogens is 288 g/mol. The van der Waals surface area contributed by atoms with Gasteiger partial charge in [0, 0.05) is 18.5 Å². The van der Waals surface area contributed by atoms with Gasteiger partial charge in [-0.15, -0.1) is 0 Å². The molecule has 21 heavy (non-hydrogen) atoms. The van der Waals surface area contributed by atoms with Crippen LogP contribution in [0.2, 0.25) is 0 Å². The molecule has 2 N–H and O–H groups in total. The average molecular weight is 312 g/mol. The van der Waals surface area contributed by atoms with Gasteiger partial charge in [0.1, 0.15) is 0 Å². The van der Waals surface area contributed by atoms with E-state index in [0.717, 1.165) is 5.56 Å². The molecule has 0 saturated carbocycles. The molecule has 0 saturated heterocycles. The first-order chi connectivity index (χ1) is 9.64. The molecule has 0 aliphatic rings. The minimum atomic E-state index is -3.41. The van der Waals surface area contributed by atoms with E-state index in [0.29, 0.717) is 19.4 Å². The van der Waals surface area contributed by atoms with Crippen LogP contribution in [0.15, 0.2) is 29.2 Å². The Balaban J connectivity index is 2.62. The second-order valence-electron chi connectivity index (χ2n) is 5.94. The fourth-order valence-electron chi connectivity index (χ4n) is 1.85. The summed E-state index contributed by atoms with van der Waals surface area (Å²) in [6.07, 6.45) is 0.972. The number of hydrogen-bond acceptors (Lipinski definition) is 3. The summed E-state index contributed by atoms with van der Waals surface area (Å²) in [6.45, 7) is 7.90. The molecule has 1 aromatic rings. The van der Waals surface area contributed by atoms with Crippen LogP contribution in [0.25, 0.3) is 0 Å². The zero-order valence-corrected chi connectivity index (χ0v) is 13.9. The maximum Gasteiger partial charge on any atom is 0.240 e. The highest BCUT2D eigenvalue weighted by molar-refractivity contribution is 7.89. The number of aryl methyl sites for hydroxylation is 1. The van der Waals surface area contributed by atoms with Gasteiger partial charge in [-0.2, -0.15) is 0 Å². The Labute approximate surface area is 127 Å². The molecule has 0 spiro atoms. The van der Waals surface area contributed by atoms with E-state index >= 15 is 0 Å². The molecule has 0 atom stereocenters. The third-order valence-corrected chi connectivity index (χ3v) is 4.28. The quantitative estimate of drug-likeness (QED) is 0.841. The summed E-state index contributed by atoms with van der Waals surface area (Å²) in [6, 6.07) is 6.62. The molecule has 6 heteroatoms. The number of benzene rings is 1. The highest BCUT2D eigenvalue weighted by Gasteiger charge is 2.14. The summed E-state index contributed by atoms with van der Waals surface area (Å²) in [7, 11) is -3.41. The monoisotopic (exact) mass is 312 g/mol. The lowest BCUT2D eigenvalue weighted by atomic mass is 10.1. The van der Waals surface area contributed by atoms with Crippen LogP contribution in [-0.4, -0.2) is 26.4 Å². The number of rotatable bonds is 6. The molecule has 0 fully saturated rings. The minimum Gasteiger partial charge on any atom is -0.351 e. The van der Waals surface area contributed by atoms with Gasteiger partial charge in [0.05, 0.1) is 4.90 Å². The van der Waals surface area contributed by atoms with Gasteiger partial charge in [-0.3, -0.25) is 4.79 Å². The van der Waals surface area contributed by atoms with Crippen LogP contribution in [0.3, 0.4) is 0 Å². The van der Waals surface area contributed by atoms with Crippen molar-refractivity contribution in [3.05, 3.63) is 29.8 Å². The number of carbonyl (C=O) groups excluding carboxylic acids is 1. The fourth-order valence-corrected chi connectivity index (χ4v) is 2.89. The first-order valence-corrected chi connectivity index (χ1v) is 8.52. The van der Waals surface area contributed by atoms with Crippen LogP contribution >= 0.6 is 0 Å². The van der Waals surface area contributed by atoms with Crippen LogP contribution in [0, 0.1) is 0 Å². The van der Waals surface area contributed by atoms with Crippen molar-refractivity contribution in [1.29, 1.82) is 0 Å². The number of amides is 1. The van der Waals surface area contributed by atoms with Gasteiger partial charge in [-0.05, 0) is 44.9 Å². The van der Waals surface area contributed by atoms with Crippen molar-refractivity contribution in [2.45, 2.75) is 51.0 Å². The van der Waals surface area contributed by atoms with Gasteiger partial charge < -0.3 is 5.32 Å². The molecule has 0 aliphatic heterocycles. The molecule has 0 radical (unpaired) electrons. The summed E-state index contributed by atoms with van der Waals surface area (Å²) in [5.74, 6) is -0.00755. The van der Waals surface area contributed by atoms with Crippen molar-refractivity contribution >= 4 is 15.9 Å². The topological polar surface area (TPSA) is 75.3 Å². The Morgan fingerprint density at radius 3 is 2.19 bits per heavy atom. The van der Waals surface area contributed by atoms with E-state index < -0.39 is 10.0 Å². The van der Waals surface area contributed by atoms with Gasteiger partial charge in [0.15, 0.2) is 0 Å². The number of sulfonamides is 1. The van der Waals surface area contributed by atoms with Crippen molar-refractivity contribution in [1.82, 2.24) is 10.0 Å². The smallest absolute Gasteiger partial charge is 0.240 e. The average Bonchev–Trinajstić information content (AvgIpc) is 2.35. The van der Waals surface area contributed by atoms with Crippen molar-refractivity contribution in [2.75, 3.05) is 6.54 Å². The van der Waals surface area contributed by atoms with Gasteiger partial charge in [-0.1, -0.05) is 19.1 Å².